The van der Waals surface area contributed by atoms with E-state index in [1.54, 1.807) is 0 Å². The van der Waals surface area contributed by atoms with Crippen LogP contribution in [0.1, 0.15) is 28.0 Å². The van der Waals surface area contributed by atoms with Crippen molar-refractivity contribution in [3.8, 4) is 0 Å². The van der Waals surface area contributed by atoms with Crippen molar-refractivity contribution < 1.29 is 18.3 Å². The average Bonchev–Trinajstić information content (AvgIpc) is 2.26. The Morgan fingerprint density at radius 2 is 2.31 bits per heavy atom. The van der Waals surface area contributed by atoms with Crippen LogP contribution in [0.5, 0.6) is 0 Å². The highest BCUT2D eigenvalue weighted by atomic mass is 79.9. The molecule has 88 valence electrons. The zero-order valence-electron chi connectivity index (χ0n) is 8.34. The number of alkyl halides is 3. The zero-order chi connectivity index (χ0) is 12.3. The minimum absolute atomic E-state index is 0.0738. The van der Waals surface area contributed by atoms with E-state index in [1.807, 2.05) is 0 Å². The second kappa shape index (κ2) is 5.20. The molecule has 1 aromatic rings. The number of pyridine rings is 1. The molecule has 2 N–H and O–H groups in total. The second-order valence-corrected chi connectivity index (χ2v) is 3.45. The summed E-state index contributed by atoms with van der Waals surface area (Å²) >= 11 is 3.03. The number of carbonyl (C=O) groups excluding carboxylic acids is 1. The third-order valence-electron chi connectivity index (χ3n) is 1.93. The summed E-state index contributed by atoms with van der Waals surface area (Å²) in [6.07, 6.45) is -2.72. The molecule has 0 atom stereocenters. The topological polar surface area (TPSA) is 65.2 Å². The van der Waals surface area contributed by atoms with E-state index < -0.39 is 12.4 Å². The first kappa shape index (κ1) is 12.8. The fourth-order valence-corrected chi connectivity index (χ4v) is 1.80. The van der Waals surface area contributed by atoms with Crippen LogP contribution in [-0.2, 0) is 10.1 Å². The highest BCUT2D eigenvalue weighted by molar-refractivity contribution is 9.08. The zero-order valence-corrected chi connectivity index (χ0v) is 9.92. The molecule has 0 saturated carbocycles. The number of hydrogen-bond acceptors (Lipinski definition) is 4. The van der Waals surface area contributed by atoms with Crippen molar-refractivity contribution in [2.75, 3.05) is 12.8 Å². The molecule has 0 bridgehead atoms. The number of rotatable bonds is 3. The maximum atomic E-state index is 12.7. The van der Waals surface area contributed by atoms with E-state index in [1.165, 1.54) is 0 Å². The van der Waals surface area contributed by atoms with Crippen molar-refractivity contribution in [2.24, 2.45) is 0 Å². The minimum atomic E-state index is -2.72. The monoisotopic (exact) mass is 294 g/mol. The second-order valence-electron chi connectivity index (χ2n) is 2.89. The first-order valence-electron chi connectivity index (χ1n) is 4.23. The Kier molecular flexibility index (Phi) is 4.17. The summed E-state index contributed by atoms with van der Waals surface area (Å²) in [7, 11) is 1.15. The van der Waals surface area contributed by atoms with E-state index >= 15 is 0 Å². The van der Waals surface area contributed by atoms with Crippen LogP contribution in [0.3, 0.4) is 0 Å². The Morgan fingerprint density at radius 1 is 1.69 bits per heavy atom. The lowest BCUT2D eigenvalue weighted by Crippen LogP contribution is -2.12. The highest BCUT2D eigenvalue weighted by Gasteiger charge is 2.22. The van der Waals surface area contributed by atoms with Gasteiger partial charge in [0, 0.05) is 16.5 Å². The molecule has 1 aromatic heterocycles. The first-order valence-corrected chi connectivity index (χ1v) is 5.35. The van der Waals surface area contributed by atoms with E-state index in [0.717, 1.165) is 13.2 Å². The number of aromatic nitrogens is 1. The Morgan fingerprint density at radius 3 is 2.75 bits per heavy atom. The summed E-state index contributed by atoms with van der Waals surface area (Å²) in [5.74, 6) is -0.927. The predicted octanol–water partition coefficient (Wildman–Crippen LogP) is 2.28. The summed E-state index contributed by atoms with van der Waals surface area (Å²) in [6.45, 7) is 0. The van der Waals surface area contributed by atoms with Crippen molar-refractivity contribution in [3.05, 3.63) is 22.9 Å². The number of methoxy groups -OCH3 is 1. The number of nitrogens with zero attached hydrogens (tertiary/aromatic N) is 1. The lowest BCUT2D eigenvalue weighted by atomic mass is 10.1. The molecule has 16 heavy (non-hydrogen) atoms. The number of nitrogen functional groups attached to an aromatic ring is 1. The van der Waals surface area contributed by atoms with Gasteiger partial charge in [-0.25, -0.2) is 18.6 Å². The van der Waals surface area contributed by atoms with Gasteiger partial charge in [-0.05, 0) is 6.07 Å². The maximum Gasteiger partial charge on any atom is 0.357 e. The number of anilines is 1. The molecule has 7 heteroatoms. The van der Waals surface area contributed by atoms with Crippen LogP contribution < -0.4 is 5.73 Å². The molecule has 0 amide bonds. The van der Waals surface area contributed by atoms with E-state index in [2.05, 4.69) is 25.7 Å². The summed E-state index contributed by atoms with van der Waals surface area (Å²) < 4.78 is 29.8. The van der Waals surface area contributed by atoms with Crippen LogP contribution in [0.4, 0.5) is 14.6 Å². The van der Waals surface area contributed by atoms with Crippen molar-refractivity contribution in [2.45, 2.75) is 11.8 Å². The van der Waals surface area contributed by atoms with Gasteiger partial charge in [-0.3, -0.25) is 0 Å². The number of esters is 1. The summed E-state index contributed by atoms with van der Waals surface area (Å²) in [5, 5.41) is 0.0738. The van der Waals surface area contributed by atoms with Crippen molar-refractivity contribution >= 4 is 27.7 Å². The largest absolute Gasteiger partial charge is 0.464 e. The number of ether oxygens (including phenoxy) is 1. The molecule has 0 spiro atoms. The van der Waals surface area contributed by atoms with Crippen molar-refractivity contribution in [3.63, 3.8) is 0 Å². The van der Waals surface area contributed by atoms with E-state index in [0.29, 0.717) is 0 Å². The number of carbonyl (C=O) groups is 1. The third kappa shape index (κ3) is 2.46. The van der Waals surface area contributed by atoms with Gasteiger partial charge >= 0.3 is 5.97 Å². The minimum Gasteiger partial charge on any atom is -0.464 e. The SMILES string of the molecule is COC(=O)c1nc(N)cc(C(F)F)c1CBr. The quantitative estimate of drug-likeness (QED) is 0.686. The highest BCUT2D eigenvalue weighted by Crippen LogP contribution is 2.28. The molecule has 1 rings (SSSR count). The molecule has 0 unspecified atom stereocenters. The number of hydrogen-bond donors (Lipinski definition) is 1. The molecule has 0 aromatic carbocycles. The van der Waals surface area contributed by atoms with Gasteiger partial charge in [-0.1, -0.05) is 15.9 Å². The summed E-state index contributed by atoms with van der Waals surface area (Å²) in [5.41, 5.74) is 4.94. The van der Waals surface area contributed by atoms with Crippen LogP contribution in [0.15, 0.2) is 6.07 Å². The molecule has 0 radical (unpaired) electrons. The summed E-state index contributed by atoms with van der Waals surface area (Å²) in [6, 6.07) is 1.05. The van der Waals surface area contributed by atoms with E-state index in [4.69, 9.17) is 5.73 Å². The molecule has 0 aliphatic rings. The van der Waals surface area contributed by atoms with Crippen LogP contribution in [0.25, 0.3) is 0 Å². The van der Waals surface area contributed by atoms with Crippen molar-refractivity contribution in [1.29, 1.82) is 0 Å². The molecular weight excluding hydrogens is 286 g/mol. The van der Waals surface area contributed by atoms with Gasteiger partial charge in [-0.15, -0.1) is 0 Å². The molecule has 0 aliphatic heterocycles. The molecule has 0 fully saturated rings. The average molecular weight is 295 g/mol. The van der Waals surface area contributed by atoms with E-state index in [-0.39, 0.29) is 28.0 Å². The van der Waals surface area contributed by atoms with Crippen LogP contribution >= 0.6 is 15.9 Å². The first-order chi connectivity index (χ1) is 7.51. The van der Waals surface area contributed by atoms with Gasteiger partial charge < -0.3 is 10.5 Å². The van der Waals surface area contributed by atoms with Gasteiger partial charge in [-0.2, -0.15) is 0 Å². The van der Waals surface area contributed by atoms with E-state index in [9.17, 15) is 13.6 Å². The summed E-state index contributed by atoms with van der Waals surface area (Å²) in [4.78, 5) is 15.0. The van der Waals surface area contributed by atoms with Gasteiger partial charge in [0.05, 0.1) is 7.11 Å². The van der Waals surface area contributed by atoms with Crippen LogP contribution in [0.2, 0.25) is 0 Å². The van der Waals surface area contributed by atoms with Crippen LogP contribution in [0, 0.1) is 0 Å². The lowest BCUT2D eigenvalue weighted by molar-refractivity contribution is 0.0592. The number of nitrogens with two attached hydrogens (primary N) is 1. The molecule has 0 aliphatic carbocycles. The fraction of sp³-hybridized carbons (Fsp3) is 0.333. The van der Waals surface area contributed by atoms with Crippen molar-refractivity contribution in [1.82, 2.24) is 4.98 Å². The lowest BCUT2D eigenvalue weighted by Gasteiger charge is -2.11. The fourth-order valence-electron chi connectivity index (χ4n) is 1.21. The smallest absolute Gasteiger partial charge is 0.357 e. The molecule has 0 saturated heterocycles. The van der Waals surface area contributed by atoms with Crippen LogP contribution in [-0.4, -0.2) is 18.1 Å². The molecule has 4 nitrogen and oxygen atoms in total. The van der Waals surface area contributed by atoms with Gasteiger partial charge in [0.1, 0.15) is 5.82 Å². The maximum absolute atomic E-state index is 12.7. The van der Waals surface area contributed by atoms with Gasteiger partial charge in [0.2, 0.25) is 0 Å². The predicted molar refractivity (Wildman–Crippen MR) is 57.6 cm³/mol. The standard InChI is InChI=1S/C9H9BrF2N2O2/c1-16-9(15)7-5(3-10)4(8(11)12)2-6(13)14-7/h2,8H,3H2,1H3,(H2,13,14). The van der Waals surface area contributed by atoms with Gasteiger partial charge in [0.15, 0.2) is 5.69 Å². The third-order valence-corrected chi connectivity index (χ3v) is 2.49. The Bertz CT molecular complexity index is 413. The normalized spacial score (nSPS) is 10.6. The Labute approximate surface area is 98.9 Å². The Hall–Kier alpha value is -1.24. The Balaban J connectivity index is 3.41. The molecular formula is C9H9BrF2N2O2. The molecule has 1 heterocycles. The van der Waals surface area contributed by atoms with Gasteiger partial charge in [0.25, 0.3) is 6.43 Å². The number of halogens is 3.